The van der Waals surface area contributed by atoms with Crippen molar-refractivity contribution in [3.8, 4) is 0 Å². The van der Waals surface area contributed by atoms with E-state index in [4.69, 9.17) is 115 Å². The highest BCUT2D eigenvalue weighted by Gasteiger charge is 2.01. The summed E-state index contributed by atoms with van der Waals surface area (Å²) in [6, 6.07) is 0. The first-order chi connectivity index (χ1) is 39.8. The number of hydrogen-bond donors (Lipinski definition) is 2. The first-order valence-corrected chi connectivity index (χ1v) is 28.7. The first kappa shape index (κ1) is 78.2. The number of nitrogens with one attached hydrogen (secondary N) is 1. The average Bonchev–Trinajstić information content (AvgIpc) is 3.46. The molecule has 0 aliphatic carbocycles. The Morgan fingerprint density at radius 1 is 0.250 bits per heavy atom. The second-order valence-corrected chi connectivity index (χ2v) is 16.3. The van der Waals surface area contributed by atoms with Gasteiger partial charge in [-0.3, -0.25) is 4.79 Å². The minimum atomic E-state index is -0.00233. The predicted octanol–water partition coefficient (Wildman–Crippen LogP) is 0.799. The van der Waals surface area contributed by atoms with Crippen molar-refractivity contribution < 1.29 is 114 Å². The van der Waals surface area contributed by atoms with Crippen LogP contribution < -0.4 is 11.1 Å². The number of rotatable bonds is 74. The highest BCUT2D eigenvalue weighted by molar-refractivity contribution is 5.77. The molecule has 0 aliphatic rings. The summed E-state index contributed by atoms with van der Waals surface area (Å²) in [6.07, 6.45) is 5.17. The molecular formula is C54H108N2O24. The largest absolute Gasteiger partial charge is 0.378 e. The van der Waals surface area contributed by atoms with Gasteiger partial charge in [0.25, 0.3) is 0 Å². The highest BCUT2D eigenvalue weighted by Crippen LogP contribution is 1.92. The lowest BCUT2D eigenvalue weighted by Gasteiger charge is -2.09. The molecule has 26 nitrogen and oxygen atoms in total. The maximum atomic E-state index is 11.6. The van der Waals surface area contributed by atoms with Gasteiger partial charge in [0.1, 0.15) is 0 Å². The summed E-state index contributed by atoms with van der Waals surface area (Å²) in [4.78, 5) is 11.6. The van der Waals surface area contributed by atoms with Crippen LogP contribution in [0.15, 0.2) is 12.2 Å². The Bertz CT molecular complexity index is 1160. The average molecular weight is 1170 g/mol. The Balaban J connectivity index is 3.09. The smallest absolute Gasteiger partial charge is 0.223 e. The number of amides is 1. The fourth-order valence-electron chi connectivity index (χ4n) is 5.72. The summed E-state index contributed by atoms with van der Waals surface area (Å²) in [5.41, 5.74) is 5.35. The fourth-order valence-corrected chi connectivity index (χ4v) is 5.72. The molecule has 3 N–H and O–H groups in total. The zero-order valence-corrected chi connectivity index (χ0v) is 48.9. The van der Waals surface area contributed by atoms with E-state index >= 15 is 0 Å². The lowest BCUT2D eigenvalue weighted by Crippen LogP contribution is -2.27. The second-order valence-electron chi connectivity index (χ2n) is 16.3. The lowest BCUT2D eigenvalue weighted by atomic mass is 10.3. The minimum Gasteiger partial charge on any atom is -0.378 e. The maximum Gasteiger partial charge on any atom is 0.223 e. The Hall–Kier alpha value is -1.75. The Morgan fingerprint density at radius 3 is 0.550 bits per heavy atom. The van der Waals surface area contributed by atoms with Gasteiger partial charge in [0, 0.05) is 19.5 Å². The van der Waals surface area contributed by atoms with Crippen molar-refractivity contribution in [2.75, 3.05) is 317 Å². The van der Waals surface area contributed by atoms with Crippen molar-refractivity contribution in [1.29, 1.82) is 0 Å². The van der Waals surface area contributed by atoms with Gasteiger partial charge in [-0.2, -0.15) is 0 Å². The summed E-state index contributed by atoms with van der Waals surface area (Å²) < 4.78 is 126. The van der Waals surface area contributed by atoms with E-state index in [2.05, 4.69) is 5.32 Å². The van der Waals surface area contributed by atoms with Gasteiger partial charge in [-0.1, -0.05) is 19.1 Å². The third-order valence-corrected chi connectivity index (χ3v) is 9.72. The van der Waals surface area contributed by atoms with Gasteiger partial charge in [0.2, 0.25) is 5.91 Å². The van der Waals surface area contributed by atoms with E-state index in [1.807, 2.05) is 19.1 Å². The van der Waals surface area contributed by atoms with Crippen LogP contribution in [0.4, 0.5) is 0 Å². The Morgan fingerprint density at radius 2 is 0.400 bits per heavy atom. The molecule has 26 heteroatoms. The van der Waals surface area contributed by atoms with Crippen LogP contribution in [0.5, 0.6) is 0 Å². The molecule has 1 amide bonds. The quantitative estimate of drug-likeness (QED) is 0.0630. The molecule has 0 fully saturated rings. The molecular weight excluding hydrogens is 1060 g/mol. The van der Waals surface area contributed by atoms with Crippen LogP contribution in [0.1, 0.15) is 19.8 Å². The summed E-state index contributed by atoms with van der Waals surface area (Å²) >= 11 is 0. The molecule has 0 saturated heterocycles. The molecule has 0 rings (SSSR count). The third-order valence-electron chi connectivity index (χ3n) is 9.72. The lowest BCUT2D eigenvalue weighted by molar-refractivity contribution is -0.120. The van der Waals surface area contributed by atoms with E-state index in [-0.39, 0.29) is 5.91 Å². The van der Waals surface area contributed by atoms with Crippen molar-refractivity contribution in [1.82, 2.24) is 5.32 Å². The highest BCUT2D eigenvalue weighted by atomic mass is 16.6. The van der Waals surface area contributed by atoms with Gasteiger partial charge in [-0.05, 0) is 6.42 Å². The van der Waals surface area contributed by atoms with E-state index < -0.39 is 0 Å². The Kier molecular flexibility index (Phi) is 73.6. The molecule has 0 aliphatic heterocycles. The molecule has 0 atom stereocenters. The van der Waals surface area contributed by atoms with Crippen LogP contribution in [0, 0.1) is 0 Å². The van der Waals surface area contributed by atoms with Crippen LogP contribution in [0.3, 0.4) is 0 Å². The second kappa shape index (κ2) is 75.3. The number of ether oxygens (including phenoxy) is 23. The number of carbonyl (C=O) groups excluding carboxylic acids is 1. The molecule has 0 spiro atoms. The van der Waals surface area contributed by atoms with Crippen LogP contribution in [0.25, 0.3) is 0 Å². The van der Waals surface area contributed by atoms with Gasteiger partial charge < -0.3 is 120 Å². The van der Waals surface area contributed by atoms with E-state index in [0.717, 1.165) is 6.42 Å². The van der Waals surface area contributed by atoms with Gasteiger partial charge in [-0.15, -0.1) is 0 Å². The summed E-state index contributed by atoms with van der Waals surface area (Å²) in [5.74, 6) is -0.00233. The molecule has 0 aromatic heterocycles. The fraction of sp³-hybridized carbons (Fsp3) is 0.944. The summed E-state index contributed by atoms with van der Waals surface area (Å²) in [7, 11) is 0. The summed E-state index contributed by atoms with van der Waals surface area (Å²) in [6.45, 7) is 25.7. The molecule has 0 unspecified atom stereocenters. The first-order valence-electron chi connectivity index (χ1n) is 28.7. The van der Waals surface area contributed by atoms with Crippen molar-refractivity contribution in [2.45, 2.75) is 19.8 Å². The predicted molar refractivity (Wildman–Crippen MR) is 295 cm³/mol. The molecule has 0 heterocycles. The van der Waals surface area contributed by atoms with Crippen LogP contribution >= 0.6 is 0 Å². The monoisotopic (exact) mass is 1170 g/mol. The number of allylic oxidation sites excluding steroid dienone is 1. The van der Waals surface area contributed by atoms with E-state index in [9.17, 15) is 4.79 Å². The van der Waals surface area contributed by atoms with E-state index in [0.29, 0.717) is 323 Å². The van der Waals surface area contributed by atoms with Crippen molar-refractivity contribution >= 4 is 5.91 Å². The molecule has 0 aromatic rings. The topological polar surface area (TPSA) is 267 Å². The molecule has 0 saturated carbocycles. The van der Waals surface area contributed by atoms with Gasteiger partial charge in [0.05, 0.1) is 304 Å². The summed E-state index contributed by atoms with van der Waals surface area (Å²) in [5, 5.41) is 2.81. The van der Waals surface area contributed by atoms with Gasteiger partial charge in [0.15, 0.2) is 0 Å². The standard InChI is InChI=1S/C54H108N2O24/c1-2-3-4-5-54(57)56-7-9-59-11-13-61-15-17-63-19-21-65-23-25-67-27-29-69-31-33-71-35-37-73-39-41-75-43-45-77-47-49-79-51-53-80-52-50-78-48-46-76-44-42-74-40-38-72-36-34-70-32-30-68-28-26-66-24-22-64-20-18-62-16-14-60-12-10-58-8-6-55/h3-4H,2,5-53,55H2,1H3,(H,56,57)/b4-3-. The Labute approximate surface area is 478 Å². The van der Waals surface area contributed by atoms with E-state index in [1.54, 1.807) is 0 Å². The van der Waals surface area contributed by atoms with Crippen molar-refractivity contribution in [3.63, 3.8) is 0 Å². The molecule has 478 valence electrons. The van der Waals surface area contributed by atoms with Gasteiger partial charge in [-0.25, -0.2) is 0 Å². The van der Waals surface area contributed by atoms with Crippen molar-refractivity contribution in [2.24, 2.45) is 5.73 Å². The van der Waals surface area contributed by atoms with Gasteiger partial charge >= 0.3 is 0 Å². The number of nitrogens with two attached hydrogens (primary N) is 1. The van der Waals surface area contributed by atoms with Crippen LogP contribution in [0.2, 0.25) is 0 Å². The molecule has 0 aromatic carbocycles. The number of hydrogen-bond acceptors (Lipinski definition) is 25. The van der Waals surface area contributed by atoms with E-state index in [1.165, 1.54) is 0 Å². The third kappa shape index (κ3) is 74.3. The molecule has 0 bridgehead atoms. The zero-order chi connectivity index (χ0) is 57.3. The van der Waals surface area contributed by atoms with Crippen LogP contribution in [-0.2, 0) is 114 Å². The molecule has 0 radical (unpaired) electrons. The maximum absolute atomic E-state index is 11.6. The molecule has 80 heavy (non-hydrogen) atoms. The SMILES string of the molecule is CC/C=C\CC(=O)NCCOCCOCCOCCOCCOCCOCCOCCOCCOCCOCCOCCOCCOCCOCCOCCOCCOCCOCCOCCOCCOCCOCCOCCN. The number of carbonyl (C=O) groups is 1. The zero-order valence-electron chi connectivity index (χ0n) is 48.9. The normalized spacial score (nSPS) is 11.8. The van der Waals surface area contributed by atoms with Crippen molar-refractivity contribution in [3.05, 3.63) is 12.2 Å². The minimum absolute atomic E-state index is 0.00233. The van der Waals surface area contributed by atoms with Crippen LogP contribution in [-0.4, -0.2) is 323 Å².